The highest BCUT2D eigenvalue weighted by atomic mass is 32.2. The lowest BCUT2D eigenvalue weighted by atomic mass is 10.1. The van der Waals surface area contributed by atoms with Crippen molar-refractivity contribution in [2.45, 2.75) is 36.4 Å². The summed E-state index contributed by atoms with van der Waals surface area (Å²) in [5.74, 6) is -0.394. The van der Waals surface area contributed by atoms with Gasteiger partial charge < -0.3 is 5.32 Å². The van der Waals surface area contributed by atoms with Crippen LogP contribution < -0.4 is 5.32 Å². The molecule has 0 saturated carbocycles. The minimum atomic E-state index is -0.347. The van der Waals surface area contributed by atoms with Crippen LogP contribution in [0, 0.1) is 5.82 Å². The van der Waals surface area contributed by atoms with Crippen molar-refractivity contribution in [3.05, 3.63) is 35.6 Å². The van der Waals surface area contributed by atoms with Gasteiger partial charge in [0.15, 0.2) is 10.1 Å². The van der Waals surface area contributed by atoms with Crippen LogP contribution in [-0.2, 0) is 0 Å². The van der Waals surface area contributed by atoms with Gasteiger partial charge in [-0.05, 0) is 45.0 Å². The van der Waals surface area contributed by atoms with Crippen molar-refractivity contribution in [3.63, 3.8) is 0 Å². The number of Topliss-reactive ketones (excluding diaryl/α,β-unsaturated/α-hetero) is 1. The molecule has 0 bridgehead atoms. The van der Waals surface area contributed by atoms with E-state index in [1.165, 1.54) is 47.4 Å². The molecule has 1 N–H and O–H groups in total. The van der Waals surface area contributed by atoms with Crippen LogP contribution in [0.4, 0.5) is 9.52 Å². The van der Waals surface area contributed by atoms with Crippen LogP contribution in [0.25, 0.3) is 0 Å². The van der Waals surface area contributed by atoms with E-state index in [0.717, 1.165) is 9.47 Å². The van der Waals surface area contributed by atoms with E-state index in [4.69, 9.17) is 0 Å². The zero-order valence-corrected chi connectivity index (χ0v) is 13.6. The van der Waals surface area contributed by atoms with Crippen molar-refractivity contribution in [2.24, 2.45) is 0 Å². The molecule has 21 heavy (non-hydrogen) atoms. The largest absolute Gasteiger partial charge is 0.358 e. The summed E-state index contributed by atoms with van der Waals surface area (Å²) >= 11 is 2.78. The number of nitrogens with zero attached hydrogens (tertiary/aromatic N) is 2. The fourth-order valence-corrected chi connectivity index (χ4v) is 3.74. The maximum atomic E-state index is 12.9. The summed E-state index contributed by atoms with van der Waals surface area (Å²) in [5, 5.41) is 11.7. The summed E-state index contributed by atoms with van der Waals surface area (Å²) in [6.07, 6.45) is 0. The fraction of sp³-hybridized carbons (Fsp3) is 0.357. The number of thioether (sulfide) groups is 1. The maximum Gasteiger partial charge on any atom is 0.206 e. The Morgan fingerprint density at radius 2 is 1.90 bits per heavy atom. The van der Waals surface area contributed by atoms with E-state index in [-0.39, 0.29) is 22.9 Å². The summed E-state index contributed by atoms with van der Waals surface area (Å²) in [4.78, 5) is 12.2. The predicted octanol–water partition coefficient (Wildman–Crippen LogP) is 3.86. The van der Waals surface area contributed by atoms with E-state index in [0.29, 0.717) is 5.56 Å². The monoisotopic (exact) mass is 325 g/mol. The molecule has 0 fully saturated rings. The summed E-state index contributed by atoms with van der Waals surface area (Å²) in [6, 6.07) is 5.87. The van der Waals surface area contributed by atoms with Crippen molar-refractivity contribution in [3.8, 4) is 0 Å². The molecule has 0 aliphatic heterocycles. The van der Waals surface area contributed by atoms with Gasteiger partial charge in [0.25, 0.3) is 0 Å². The molecule has 2 rings (SSSR count). The zero-order valence-electron chi connectivity index (χ0n) is 12.0. The van der Waals surface area contributed by atoms with Crippen molar-refractivity contribution in [1.82, 2.24) is 10.2 Å². The lowest BCUT2D eigenvalue weighted by Gasteiger charge is -2.07. The number of nitrogens with one attached hydrogen (secondary N) is 1. The molecule has 0 spiro atoms. The number of hydrogen-bond donors (Lipinski definition) is 1. The van der Waals surface area contributed by atoms with Crippen LogP contribution in [0.1, 0.15) is 31.1 Å². The van der Waals surface area contributed by atoms with Gasteiger partial charge in [0.05, 0.1) is 5.25 Å². The smallest absolute Gasteiger partial charge is 0.206 e. The summed E-state index contributed by atoms with van der Waals surface area (Å²) in [7, 11) is 0. The van der Waals surface area contributed by atoms with Crippen molar-refractivity contribution < 1.29 is 9.18 Å². The van der Waals surface area contributed by atoms with Gasteiger partial charge in [0, 0.05) is 11.6 Å². The summed E-state index contributed by atoms with van der Waals surface area (Å²) < 4.78 is 13.6. The molecule has 0 saturated heterocycles. The van der Waals surface area contributed by atoms with Crippen molar-refractivity contribution in [1.29, 1.82) is 0 Å². The fourth-order valence-electron chi connectivity index (χ4n) is 1.62. The Bertz CT molecular complexity index is 613. The van der Waals surface area contributed by atoms with Gasteiger partial charge in [0.2, 0.25) is 5.13 Å². The zero-order chi connectivity index (χ0) is 15.4. The quantitative estimate of drug-likeness (QED) is 0.645. The van der Waals surface area contributed by atoms with Gasteiger partial charge in [-0.15, -0.1) is 10.2 Å². The minimum absolute atomic E-state index is 0.0476. The first kappa shape index (κ1) is 15.9. The van der Waals surface area contributed by atoms with Crippen LogP contribution in [0.3, 0.4) is 0 Å². The Morgan fingerprint density at radius 1 is 1.24 bits per heavy atom. The van der Waals surface area contributed by atoms with Crippen molar-refractivity contribution >= 4 is 34.0 Å². The molecule has 1 aromatic carbocycles. The van der Waals surface area contributed by atoms with Crippen LogP contribution >= 0.6 is 23.1 Å². The number of rotatable bonds is 6. The van der Waals surface area contributed by atoms with Gasteiger partial charge in [0.1, 0.15) is 5.82 Å². The molecule has 1 heterocycles. The molecule has 0 unspecified atom stereocenters. The van der Waals surface area contributed by atoms with Gasteiger partial charge in [-0.3, -0.25) is 4.79 Å². The third-order valence-electron chi connectivity index (χ3n) is 2.59. The number of hydrogen-bond acceptors (Lipinski definition) is 6. The Labute approximate surface area is 131 Å². The standard InChI is InChI=1S/C14H16FN3OS2/c1-8(2)16-13-17-18-14(21-13)20-9(3)12(19)10-4-6-11(15)7-5-10/h4-9H,1-3H3,(H,16,17)/t9-/m0/s1. The Balaban J connectivity index is 2.00. The molecular formula is C14H16FN3OS2. The predicted molar refractivity (Wildman–Crippen MR) is 84.7 cm³/mol. The van der Waals surface area contributed by atoms with Crippen LogP contribution in [0.15, 0.2) is 28.6 Å². The first-order valence-corrected chi connectivity index (χ1v) is 8.22. The average molecular weight is 325 g/mol. The van der Waals surface area contributed by atoms with Gasteiger partial charge in [-0.2, -0.15) is 0 Å². The highest BCUT2D eigenvalue weighted by Crippen LogP contribution is 2.30. The second-order valence-electron chi connectivity index (χ2n) is 4.80. The lowest BCUT2D eigenvalue weighted by Crippen LogP contribution is -2.13. The number of ketones is 1. The maximum absolute atomic E-state index is 12.9. The average Bonchev–Trinajstić information content (AvgIpc) is 2.85. The van der Waals surface area contributed by atoms with Gasteiger partial charge in [-0.1, -0.05) is 23.1 Å². The summed E-state index contributed by atoms with van der Waals surface area (Å²) in [5.41, 5.74) is 0.501. The number of carbonyl (C=O) groups excluding carboxylic acids is 1. The van der Waals surface area contributed by atoms with E-state index < -0.39 is 0 Å². The van der Waals surface area contributed by atoms with Gasteiger partial charge >= 0.3 is 0 Å². The Kier molecular flexibility index (Phi) is 5.30. The second kappa shape index (κ2) is 7.00. The normalized spacial score (nSPS) is 12.4. The van der Waals surface area contributed by atoms with E-state index in [1.54, 1.807) is 0 Å². The molecule has 1 atom stereocenters. The molecule has 0 amide bonds. The first-order chi connectivity index (χ1) is 9.95. The molecule has 2 aromatic rings. The molecular weight excluding hydrogens is 309 g/mol. The number of anilines is 1. The van der Waals surface area contributed by atoms with Crippen molar-refractivity contribution in [2.75, 3.05) is 5.32 Å². The van der Waals surface area contributed by atoms with Crippen LogP contribution in [-0.4, -0.2) is 27.3 Å². The molecule has 1 aromatic heterocycles. The second-order valence-corrected chi connectivity index (χ2v) is 7.37. The molecule has 0 radical (unpaired) electrons. The number of carbonyl (C=O) groups is 1. The Morgan fingerprint density at radius 3 is 2.52 bits per heavy atom. The number of benzene rings is 1. The highest BCUT2D eigenvalue weighted by molar-refractivity contribution is 8.02. The van der Waals surface area contributed by atoms with E-state index in [9.17, 15) is 9.18 Å². The molecule has 4 nitrogen and oxygen atoms in total. The molecule has 0 aliphatic carbocycles. The molecule has 112 valence electrons. The van der Waals surface area contributed by atoms with Gasteiger partial charge in [-0.25, -0.2) is 4.39 Å². The third-order valence-corrected chi connectivity index (χ3v) is 4.63. The van der Waals surface area contributed by atoms with E-state index in [1.807, 2.05) is 20.8 Å². The van der Waals surface area contributed by atoms with Crippen LogP contribution in [0.2, 0.25) is 0 Å². The number of aromatic nitrogens is 2. The lowest BCUT2D eigenvalue weighted by molar-refractivity contribution is 0.0994. The van der Waals surface area contributed by atoms with E-state index in [2.05, 4.69) is 15.5 Å². The molecule has 7 heteroatoms. The van der Waals surface area contributed by atoms with E-state index >= 15 is 0 Å². The Hall–Kier alpha value is -1.47. The molecule has 0 aliphatic rings. The summed E-state index contributed by atoms with van der Waals surface area (Å²) in [6.45, 7) is 5.86. The highest BCUT2D eigenvalue weighted by Gasteiger charge is 2.19. The van der Waals surface area contributed by atoms with Crippen LogP contribution in [0.5, 0.6) is 0 Å². The SMILES string of the molecule is CC(C)Nc1nnc(S[C@@H](C)C(=O)c2ccc(F)cc2)s1. The first-order valence-electron chi connectivity index (χ1n) is 6.52. The third kappa shape index (κ3) is 4.50. The minimum Gasteiger partial charge on any atom is -0.358 e. The topological polar surface area (TPSA) is 54.9 Å². The number of halogens is 1.